The Balaban J connectivity index is 1.87. The number of rotatable bonds is 7. The standard InChI is InChI=1S/C24H32N2O4S/c1-5-19-9-11-20(12-10-19)17-25(3)24(27)21-13-14-22(30-4)23(16-21)31(28,29)26-15-7-6-8-18(26)2/h9-14,16,18H,5-8,15,17H2,1-4H3. The molecule has 1 atom stereocenters. The first kappa shape index (κ1) is 23.3. The maximum absolute atomic E-state index is 13.4. The molecule has 1 heterocycles. The van der Waals surface area contributed by atoms with E-state index in [0.717, 1.165) is 31.2 Å². The SMILES string of the molecule is CCc1ccc(CN(C)C(=O)c2ccc(OC)c(S(=O)(=O)N3CCCCC3C)c2)cc1. The molecule has 6 nitrogen and oxygen atoms in total. The van der Waals surface area contributed by atoms with Crippen molar-refractivity contribution in [3.8, 4) is 5.75 Å². The average Bonchev–Trinajstić information content (AvgIpc) is 2.78. The Hall–Kier alpha value is -2.38. The molecule has 2 aromatic carbocycles. The molecular formula is C24H32N2O4S. The van der Waals surface area contributed by atoms with Crippen LogP contribution >= 0.6 is 0 Å². The van der Waals surface area contributed by atoms with Gasteiger partial charge in [-0.2, -0.15) is 4.31 Å². The molecule has 2 aromatic rings. The third kappa shape index (κ3) is 5.10. The number of piperidine rings is 1. The second-order valence-corrected chi connectivity index (χ2v) is 10.0. The Bertz CT molecular complexity index is 1020. The van der Waals surface area contributed by atoms with Gasteiger partial charge in [-0.15, -0.1) is 0 Å². The van der Waals surface area contributed by atoms with Gasteiger partial charge in [0.2, 0.25) is 10.0 Å². The Morgan fingerprint density at radius 3 is 2.42 bits per heavy atom. The van der Waals surface area contributed by atoms with E-state index in [2.05, 4.69) is 19.1 Å². The van der Waals surface area contributed by atoms with Gasteiger partial charge < -0.3 is 9.64 Å². The van der Waals surface area contributed by atoms with Crippen LogP contribution in [-0.4, -0.2) is 50.3 Å². The highest BCUT2D eigenvalue weighted by molar-refractivity contribution is 7.89. The van der Waals surface area contributed by atoms with Crippen molar-refractivity contribution in [3.63, 3.8) is 0 Å². The van der Waals surface area contributed by atoms with E-state index in [0.29, 0.717) is 18.7 Å². The lowest BCUT2D eigenvalue weighted by molar-refractivity contribution is 0.0785. The summed E-state index contributed by atoms with van der Waals surface area (Å²) in [5.41, 5.74) is 2.60. The average molecular weight is 445 g/mol. The van der Waals surface area contributed by atoms with Crippen molar-refractivity contribution in [1.29, 1.82) is 0 Å². The topological polar surface area (TPSA) is 66.9 Å². The monoisotopic (exact) mass is 444 g/mol. The zero-order chi connectivity index (χ0) is 22.6. The first-order chi connectivity index (χ1) is 14.8. The summed E-state index contributed by atoms with van der Waals surface area (Å²) in [6.07, 6.45) is 3.66. The number of sulfonamides is 1. The molecule has 1 unspecified atom stereocenters. The van der Waals surface area contributed by atoms with E-state index in [1.54, 1.807) is 24.1 Å². The molecule has 1 fully saturated rings. The van der Waals surface area contributed by atoms with Gasteiger partial charge in [-0.3, -0.25) is 4.79 Å². The predicted molar refractivity (Wildman–Crippen MR) is 122 cm³/mol. The summed E-state index contributed by atoms with van der Waals surface area (Å²) in [5, 5.41) is 0. The second kappa shape index (κ2) is 9.83. The molecule has 31 heavy (non-hydrogen) atoms. The lowest BCUT2D eigenvalue weighted by atomic mass is 10.1. The van der Waals surface area contributed by atoms with Crippen molar-refractivity contribution >= 4 is 15.9 Å². The van der Waals surface area contributed by atoms with E-state index >= 15 is 0 Å². The van der Waals surface area contributed by atoms with Gasteiger partial charge in [0, 0.05) is 31.7 Å². The van der Waals surface area contributed by atoms with E-state index in [4.69, 9.17) is 4.74 Å². The molecule has 168 valence electrons. The molecule has 0 N–H and O–H groups in total. The zero-order valence-electron chi connectivity index (χ0n) is 18.8. The van der Waals surface area contributed by atoms with Crippen molar-refractivity contribution < 1.29 is 17.9 Å². The minimum atomic E-state index is -3.76. The number of aryl methyl sites for hydroxylation is 1. The van der Waals surface area contributed by atoms with Crippen LogP contribution in [0.5, 0.6) is 5.75 Å². The molecule has 1 aliphatic heterocycles. The van der Waals surface area contributed by atoms with Crippen LogP contribution in [0.1, 0.15) is 54.6 Å². The van der Waals surface area contributed by atoms with Crippen LogP contribution < -0.4 is 4.74 Å². The third-order valence-corrected chi connectivity index (χ3v) is 7.97. The molecule has 0 aromatic heterocycles. The Labute approximate surface area is 185 Å². The number of hydrogen-bond acceptors (Lipinski definition) is 4. The maximum Gasteiger partial charge on any atom is 0.253 e. The van der Waals surface area contributed by atoms with E-state index in [1.165, 1.54) is 23.0 Å². The van der Waals surface area contributed by atoms with Crippen molar-refractivity contribution in [3.05, 3.63) is 59.2 Å². The summed E-state index contributed by atoms with van der Waals surface area (Å²) in [6.45, 7) is 4.96. The van der Waals surface area contributed by atoms with Crippen LogP contribution in [-0.2, 0) is 23.0 Å². The van der Waals surface area contributed by atoms with Gasteiger partial charge in [-0.1, -0.05) is 37.6 Å². The van der Waals surface area contributed by atoms with Crippen LogP contribution in [0.15, 0.2) is 47.4 Å². The smallest absolute Gasteiger partial charge is 0.253 e. The number of ether oxygens (including phenoxy) is 1. The normalized spacial score (nSPS) is 17.4. The van der Waals surface area contributed by atoms with Crippen molar-refractivity contribution in [2.75, 3.05) is 20.7 Å². The molecule has 0 radical (unpaired) electrons. The molecule has 7 heteroatoms. The fourth-order valence-corrected chi connectivity index (χ4v) is 5.90. The number of methoxy groups -OCH3 is 1. The van der Waals surface area contributed by atoms with Crippen molar-refractivity contribution in [1.82, 2.24) is 9.21 Å². The van der Waals surface area contributed by atoms with Crippen LogP contribution in [0.3, 0.4) is 0 Å². The first-order valence-electron chi connectivity index (χ1n) is 10.8. The van der Waals surface area contributed by atoms with Gasteiger partial charge in [0.05, 0.1) is 7.11 Å². The Morgan fingerprint density at radius 2 is 1.81 bits per heavy atom. The summed E-state index contributed by atoms with van der Waals surface area (Å²) in [4.78, 5) is 14.7. The molecule has 3 rings (SSSR count). The molecule has 1 saturated heterocycles. The van der Waals surface area contributed by atoms with Crippen LogP contribution in [0, 0.1) is 0 Å². The summed E-state index contributed by atoms with van der Waals surface area (Å²) in [5.74, 6) is 0.0255. The third-order valence-electron chi connectivity index (χ3n) is 5.94. The number of nitrogens with zero attached hydrogens (tertiary/aromatic N) is 2. The number of carbonyl (C=O) groups is 1. The number of carbonyl (C=O) groups excluding carboxylic acids is 1. The molecule has 0 saturated carbocycles. The summed E-state index contributed by atoms with van der Waals surface area (Å²) in [6, 6.07) is 12.7. The molecule has 0 aliphatic carbocycles. The fraction of sp³-hybridized carbons (Fsp3) is 0.458. The number of benzene rings is 2. The number of hydrogen-bond donors (Lipinski definition) is 0. The second-order valence-electron chi connectivity index (χ2n) is 8.16. The molecule has 1 amide bonds. The maximum atomic E-state index is 13.4. The van der Waals surface area contributed by atoms with Gasteiger partial charge in [0.25, 0.3) is 5.91 Å². The highest BCUT2D eigenvalue weighted by Gasteiger charge is 2.33. The van der Waals surface area contributed by atoms with Crippen molar-refractivity contribution in [2.45, 2.75) is 57.0 Å². The van der Waals surface area contributed by atoms with Crippen LogP contribution in [0.4, 0.5) is 0 Å². The molecule has 1 aliphatic rings. The highest BCUT2D eigenvalue weighted by atomic mass is 32.2. The lowest BCUT2D eigenvalue weighted by Crippen LogP contribution is -2.42. The Morgan fingerprint density at radius 1 is 1.13 bits per heavy atom. The summed E-state index contributed by atoms with van der Waals surface area (Å²) < 4.78 is 33.7. The van der Waals surface area contributed by atoms with E-state index in [-0.39, 0.29) is 22.6 Å². The van der Waals surface area contributed by atoms with Gasteiger partial charge in [0.15, 0.2) is 0 Å². The van der Waals surface area contributed by atoms with E-state index in [1.807, 2.05) is 19.1 Å². The summed E-state index contributed by atoms with van der Waals surface area (Å²) >= 11 is 0. The van der Waals surface area contributed by atoms with E-state index in [9.17, 15) is 13.2 Å². The minimum Gasteiger partial charge on any atom is -0.495 e. The van der Waals surface area contributed by atoms with Crippen LogP contribution in [0.25, 0.3) is 0 Å². The van der Waals surface area contributed by atoms with Crippen LogP contribution in [0.2, 0.25) is 0 Å². The first-order valence-corrected chi connectivity index (χ1v) is 12.2. The predicted octanol–water partition coefficient (Wildman–Crippen LogP) is 4.09. The summed E-state index contributed by atoms with van der Waals surface area (Å²) in [7, 11) is -0.595. The Kier molecular flexibility index (Phi) is 7.38. The van der Waals surface area contributed by atoms with Gasteiger partial charge in [0.1, 0.15) is 10.6 Å². The molecule has 0 bridgehead atoms. The lowest BCUT2D eigenvalue weighted by Gasteiger charge is -2.32. The van der Waals surface area contributed by atoms with Gasteiger partial charge in [-0.25, -0.2) is 8.42 Å². The highest BCUT2D eigenvalue weighted by Crippen LogP contribution is 2.32. The molecular weight excluding hydrogens is 412 g/mol. The van der Waals surface area contributed by atoms with Gasteiger partial charge in [-0.05, 0) is 55.5 Å². The number of amides is 1. The van der Waals surface area contributed by atoms with Gasteiger partial charge >= 0.3 is 0 Å². The van der Waals surface area contributed by atoms with Crippen molar-refractivity contribution in [2.24, 2.45) is 0 Å². The largest absolute Gasteiger partial charge is 0.495 e. The minimum absolute atomic E-state index is 0.0512. The van der Waals surface area contributed by atoms with E-state index < -0.39 is 10.0 Å². The zero-order valence-corrected chi connectivity index (χ0v) is 19.6. The fourth-order valence-electron chi connectivity index (χ4n) is 4.01. The quantitative estimate of drug-likeness (QED) is 0.645. The molecule has 0 spiro atoms.